The average Bonchev–Trinajstić information content (AvgIpc) is 2.70. The van der Waals surface area contributed by atoms with Crippen LogP contribution in [0.15, 0.2) is 30.5 Å². The molecule has 0 unspecified atom stereocenters. The largest absolute Gasteiger partial charge is 0.294 e. The van der Waals surface area contributed by atoms with E-state index in [-0.39, 0.29) is 5.78 Å². The molecule has 2 aromatic rings. The van der Waals surface area contributed by atoms with Crippen molar-refractivity contribution in [3.63, 3.8) is 0 Å². The lowest BCUT2D eigenvalue weighted by atomic mass is 10.0. The van der Waals surface area contributed by atoms with Crippen LogP contribution in [0.1, 0.15) is 28.5 Å². The Morgan fingerprint density at radius 3 is 2.89 bits per heavy atom. The molecule has 0 aliphatic carbocycles. The predicted octanol–water partition coefficient (Wildman–Crippen LogP) is 3.06. The van der Waals surface area contributed by atoms with Gasteiger partial charge in [-0.1, -0.05) is 30.7 Å². The molecule has 1 aromatic carbocycles. The van der Waals surface area contributed by atoms with Crippen molar-refractivity contribution in [1.82, 2.24) is 9.78 Å². The van der Waals surface area contributed by atoms with Crippen molar-refractivity contribution >= 4 is 17.4 Å². The Balaban J connectivity index is 2.21. The minimum absolute atomic E-state index is 0.0854. The number of carbonyl (C=O) groups excluding carboxylic acids is 1. The van der Waals surface area contributed by atoms with Gasteiger partial charge in [-0.05, 0) is 24.1 Å². The van der Waals surface area contributed by atoms with Crippen LogP contribution in [0.2, 0.25) is 5.02 Å². The summed E-state index contributed by atoms with van der Waals surface area (Å²) >= 11 is 5.91. The summed E-state index contributed by atoms with van der Waals surface area (Å²) in [5.41, 5.74) is 2.49. The van der Waals surface area contributed by atoms with E-state index in [0.29, 0.717) is 17.0 Å². The van der Waals surface area contributed by atoms with Crippen LogP contribution in [0.25, 0.3) is 0 Å². The topological polar surface area (TPSA) is 34.9 Å². The minimum Gasteiger partial charge on any atom is -0.294 e. The van der Waals surface area contributed by atoms with Crippen LogP contribution < -0.4 is 0 Å². The number of Topliss-reactive ketones (excluding diaryl/α,β-unsaturated/α-hetero) is 1. The second-order valence-electron chi connectivity index (χ2n) is 4.25. The van der Waals surface area contributed by atoms with Crippen LogP contribution in [0, 0.1) is 0 Å². The summed E-state index contributed by atoms with van der Waals surface area (Å²) < 4.78 is 1.68. The molecule has 1 heterocycles. The summed E-state index contributed by atoms with van der Waals surface area (Å²) in [7, 11) is 1.83. The molecule has 18 heavy (non-hydrogen) atoms. The Morgan fingerprint density at radius 2 is 2.22 bits per heavy atom. The maximum Gasteiger partial charge on any atom is 0.170 e. The third-order valence-corrected chi connectivity index (χ3v) is 3.03. The molecule has 0 fully saturated rings. The Kier molecular flexibility index (Phi) is 3.82. The third-order valence-electron chi connectivity index (χ3n) is 2.79. The van der Waals surface area contributed by atoms with Crippen LogP contribution in [0.3, 0.4) is 0 Å². The van der Waals surface area contributed by atoms with Gasteiger partial charge in [-0.3, -0.25) is 9.48 Å². The van der Waals surface area contributed by atoms with E-state index in [1.165, 1.54) is 0 Å². The molecule has 94 valence electrons. The lowest BCUT2D eigenvalue weighted by Gasteiger charge is -2.01. The van der Waals surface area contributed by atoms with Gasteiger partial charge >= 0.3 is 0 Å². The van der Waals surface area contributed by atoms with Gasteiger partial charge in [0.05, 0.1) is 11.3 Å². The van der Waals surface area contributed by atoms with E-state index < -0.39 is 0 Å². The van der Waals surface area contributed by atoms with E-state index in [9.17, 15) is 4.79 Å². The fourth-order valence-corrected chi connectivity index (χ4v) is 2.17. The van der Waals surface area contributed by atoms with E-state index in [1.807, 2.05) is 32.2 Å². The quantitative estimate of drug-likeness (QED) is 0.794. The molecule has 0 amide bonds. The van der Waals surface area contributed by atoms with E-state index in [1.54, 1.807) is 16.9 Å². The number of hydrogen-bond acceptors (Lipinski definition) is 2. The first-order chi connectivity index (χ1) is 8.60. The van der Waals surface area contributed by atoms with Crippen LogP contribution >= 0.6 is 11.6 Å². The van der Waals surface area contributed by atoms with Crippen LogP contribution in [0.5, 0.6) is 0 Å². The summed E-state index contributed by atoms with van der Waals surface area (Å²) in [5.74, 6) is 0.0854. The first-order valence-electron chi connectivity index (χ1n) is 5.90. The first-order valence-corrected chi connectivity index (χ1v) is 6.28. The molecule has 0 radical (unpaired) electrons. The zero-order valence-corrected chi connectivity index (χ0v) is 11.2. The summed E-state index contributed by atoms with van der Waals surface area (Å²) in [5, 5.41) is 4.93. The Morgan fingerprint density at radius 1 is 1.44 bits per heavy atom. The molecule has 0 saturated carbocycles. The van der Waals surface area contributed by atoms with Gasteiger partial charge in [0.15, 0.2) is 5.78 Å². The van der Waals surface area contributed by atoms with Gasteiger partial charge in [0.25, 0.3) is 0 Å². The van der Waals surface area contributed by atoms with Crippen molar-refractivity contribution in [3.8, 4) is 0 Å². The molecule has 1 aromatic heterocycles. The molecular weight excluding hydrogens is 248 g/mol. The molecular formula is C14H15ClN2O. The molecule has 0 aliphatic rings. The number of carbonyl (C=O) groups is 1. The molecule has 0 N–H and O–H groups in total. The lowest BCUT2D eigenvalue weighted by molar-refractivity contribution is 0.0992. The van der Waals surface area contributed by atoms with Crippen LogP contribution in [-0.4, -0.2) is 15.6 Å². The van der Waals surface area contributed by atoms with Gasteiger partial charge in [-0.25, -0.2) is 0 Å². The van der Waals surface area contributed by atoms with Crippen LogP contribution in [0.4, 0.5) is 0 Å². The van der Waals surface area contributed by atoms with Crippen molar-refractivity contribution in [2.24, 2.45) is 7.05 Å². The number of benzene rings is 1. The second-order valence-corrected chi connectivity index (χ2v) is 4.68. The van der Waals surface area contributed by atoms with Crippen molar-refractivity contribution in [2.45, 2.75) is 19.8 Å². The number of aryl methyl sites for hydroxylation is 2. The standard InChI is InChI=1S/C14H15ClN2O/c1-3-13-12(9-17(2)16-13)14(18)8-10-5-4-6-11(15)7-10/h4-7,9H,3,8H2,1-2H3. The van der Waals surface area contributed by atoms with Crippen molar-refractivity contribution < 1.29 is 4.79 Å². The third kappa shape index (κ3) is 2.79. The lowest BCUT2D eigenvalue weighted by Crippen LogP contribution is -2.05. The zero-order chi connectivity index (χ0) is 13.1. The maximum atomic E-state index is 12.2. The molecule has 0 spiro atoms. The average molecular weight is 263 g/mol. The molecule has 4 heteroatoms. The number of hydrogen-bond donors (Lipinski definition) is 0. The number of ketones is 1. The van der Waals surface area contributed by atoms with Gasteiger partial charge in [0.1, 0.15) is 0 Å². The highest BCUT2D eigenvalue weighted by Crippen LogP contribution is 2.15. The zero-order valence-electron chi connectivity index (χ0n) is 10.5. The Bertz CT molecular complexity index is 575. The summed E-state index contributed by atoms with van der Waals surface area (Å²) in [6.45, 7) is 2.00. The van der Waals surface area contributed by atoms with Gasteiger partial charge in [0.2, 0.25) is 0 Å². The smallest absolute Gasteiger partial charge is 0.170 e. The molecule has 0 saturated heterocycles. The SMILES string of the molecule is CCc1nn(C)cc1C(=O)Cc1cccc(Cl)c1. The van der Waals surface area contributed by atoms with Gasteiger partial charge < -0.3 is 0 Å². The van der Waals surface area contributed by atoms with E-state index in [2.05, 4.69) is 5.10 Å². The van der Waals surface area contributed by atoms with E-state index in [4.69, 9.17) is 11.6 Å². The molecule has 0 atom stereocenters. The molecule has 2 rings (SSSR count). The molecule has 0 bridgehead atoms. The van der Waals surface area contributed by atoms with Gasteiger partial charge in [-0.15, -0.1) is 0 Å². The summed E-state index contributed by atoms with van der Waals surface area (Å²) in [6, 6.07) is 7.39. The number of halogens is 1. The number of aromatic nitrogens is 2. The minimum atomic E-state index is 0.0854. The Hall–Kier alpha value is -1.61. The summed E-state index contributed by atoms with van der Waals surface area (Å²) in [4.78, 5) is 12.2. The van der Waals surface area contributed by atoms with Crippen molar-refractivity contribution in [3.05, 3.63) is 52.3 Å². The number of nitrogens with zero attached hydrogens (tertiary/aromatic N) is 2. The van der Waals surface area contributed by atoms with Crippen LogP contribution in [-0.2, 0) is 19.9 Å². The van der Waals surface area contributed by atoms with Gasteiger partial charge in [-0.2, -0.15) is 5.10 Å². The van der Waals surface area contributed by atoms with Gasteiger partial charge in [0, 0.05) is 24.7 Å². The maximum absolute atomic E-state index is 12.2. The highest BCUT2D eigenvalue weighted by atomic mass is 35.5. The van der Waals surface area contributed by atoms with Crippen molar-refractivity contribution in [2.75, 3.05) is 0 Å². The fourth-order valence-electron chi connectivity index (χ4n) is 1.96. The number of rotatable bonds is 4. The highest BCUT2D eigenvalue weighted by Gasteiger charge is 2.14. The molecule has 0 aliphatic heterocycles. The van der Waals surface area contributed by atoms with E-state index in [0.717, 1.165) is 17.7 Å². The second kappa shape index (κ2) is 5.36. The summed E-state index contributed by atoms with van der Waals surface area (Å²) in [6.07, 6.45) is 2.91. The first kappa shape index (κ1) is 12.8. The Labute approximate surface area is 111 Å². The monoisotopic (exact) mass is 262 g/mol. The van der Waals surface area contributed by atoms with E-state index >= 15 is 0 Å². The fraction of sp³-hybridized carbons (Fsp3) is 0.286. The van der Waals surface area contributed by atoms with Crippen molar-refractivity contribution in [1.29, 1.82) is 0 Å². The normalized spacial score (nSPS) is 10.6. The molecule has 3 nitrogen and oxygen atoms in total. The highest BCUT2D eigenvalue weighted by molar-refractivity contribution is 6.30. The predicted molar refractivity (Wildman–Crippen MR) is 72.1 cm³/mol.